The summed E-state index contributed by atoms with van der Waals surface area (Å²) in [5.41, 5.74) is -1.37. The number of quaternary nitrogens is 1. The third kappa shape index (κ3) is 11.5. The summed E-state index contributed by atoms with van der Waals surface area (Å²) in [4.78, 5) is 19.3. The Bertz CT molecular complexity index is 333. The van der Waals surface area contributed by atoms with Crippen molar-refractivity contribution in [2.45, 2.75) is 64.5 Å². The summed E-state index contributed by atoms with van der Waals surface area (Å²) in [6.45, 7) is 3.98. The van der Waals surface area contributed by atoms with Crippen molar-refractivity contribution in [1.29, 1.82) is 0 Å². The number of aliphatic hydroxyl groups is 1. The van der Waals surface area contributed by atoms with Gasteiger partial charge < -0.3 is 19.4 Å². The molecule has 22 heavy (non-hydrogen) atoms. The number of hydrogen-bond acceptors (Lipinski definition) is 4. The Labute approximate surface area is 157 Å². The molecule has 2 unspecified atom stereocenters. The van der Waals surface area contributed by atoms with Crippen molar-refractivity contribution in [3.63, 3.8) is 0 Å². The zero-order valence-electron chi connectivity index (χ0n) is 14.9. The summed E-state index contributed by atoms with van der Waals surface area (Å²) < 4.78 is 15.2. The standard InChI is InChI=1S/C14H32NO5P.Na/c1-5-6-7-8-9-10-11-12-15(3,4)14(2,16)13-20-21(17,18)19;/h16H,5-13H2,1-4H3,(H-,17,18,19);/q;+1. The molecule has 2 N–H and O–H groups in total. The molecule has 0 aliphatic rings. The molecule has 0 aromatic heterocycles. The average Bonchev–Trinajstić information content (AvgIpc) is 2.34. The Morgan fingerprint density at radius 2 is 1.59 bits per heavy atom. The first-order valence-electron chi connectivity index (χ1n) is 7.75. The monoisotopic (exact) mass is 348 g/mol. The van der Waals surface area contributed by atoms with E-state index in [2.05, 4.69) is 11.4 Å². The van der Waals surface area contributed by atoms with E-state index in [4.69, 9.17) is 4.89 Å². The van der Waals surface area contributed by atoms with Crippen molar-refractivity contribution in [3.8, 4) is 0 Å². The summed E-state index contributed by atoms with van der Waals surface area (Å²) in [7, 11) is -1.15. The van der Waals surface area contributed by atoms with Crippen molar-refractivity contribution in [1.82, 2.24) is 0 Å². The molecule has 0 aromatic rings. The van der Waals surface area contributed by atoms with Crippen LogP contribution in [0.2, 0.25) is 0 Å². The second-order valence-electron chi connectivity index (χ2n) is 6.49. The summed E-state index contributed by atoms with van der Waals surface area (Å²) in [6.07, 6.45) is 8.28. The van der Waals surface area contributed by atoms with Crippen LogP contribution in [0.3, 0.4) is 0 Å². The van der Waals surface area contributed by atoms with Crippen LogP contribution < -0.4 is 34.5 Å². The van der Waals surface area contributed by atoms with Crippen LogP contribution >= 0.6 is 7.82 Å². The molecule has 0 heterocycles. The average molecular weight is 348 g/mol. The van der Waals surface area contributed by atoms with Gasteiger partial charge in [-0.05, 0) is 12.8 Å². The van der Waals surface area contributed by atoms with Crippen LogP contribution in [-0.2, 0) is 9.09 Å². The molecule has 0 saturated heterocycles. The maximum atomic E-state index is 10.6. The molecule has 128 valence electrons. The minimum absolute atomic E-state index is 0. The summed E-state index contributed by atoms with van der Waals surface area (Å²) in [5.74, 6) is 0. The van der Waals surface area contributed by atoms with Crippen LogP contribution in [0.4, 0.5) is 0 Å². The Hall–Kier alpha value is 1.03. The molecule has 0 amide bonds. The number of unbranched alkanes of at least 4 members (excludes halogenated alkanes) is 6. The Morgan fingerprint density at radius 3 is 2.05 bits per heavy atom. The van der Waals surface area contributed by atoms with E-state index >= 15 is 0 Å². The number of likely N-dealkylation sites (N-methyl/N-ethyl adjacent to an activating group) is 1. The smallest absolute Gasteiger partial charge is 0.756 e. The van der Waals surface area contributed by atoms with Gasteiger partial charge >= 0.3 is 29.6 Å². The molecule has 0 spiro atoms. The second-order valence-corrected chi connectivity index (χ2v) is 7.68. The third-order valence-electron chi connectivity index (χ3n) is 4.13. The molecule has 0 aliphatic carbocycles. The molecule has 0 saturated carbocycles. The van der Waals surface area contributed by atoms with E-state index in [1.165, 1.54) is 39.0 Å². The zero-order chi connectivity index (χ0) is 16.6. The Kier molecular flexibility index (Phi) is 13.3. The van der Waals surface area contributed by atoms with Crippen molar-refractivity contribution in [2.75, 3.05) is 27.2 Å². The van der Waals surface area contributed by atoms with Gasteiger partial charge in [0.1, 0.15) is 6.61 Å². The SMILES string of the molecule is CCCCCCCCC[N+](C)(C)C(C)(O)COP(=O)([O-])O.[Na+]. The maximum Gasteiger partial charge on any atom is 1.00 e. The quantitative estimate of drug-likeness (QED) is 0.155. The van der Waals surface area contributed by atoms with E-state index in [1.54, 1.807) is 0 Å². The van der Waals surface area contributed by atoms with Crippen LogP contribution in [0.25, 0.3) is 0 Å². The molecule has 8 heteroatoms. The topological polar surface area (TPSA) is 89.8 Å². The Morgan fingerprint density at radius 1 is 1.14 bits per heavy atom. The number of phosphoric ester groups is 1. The molecular weight excluding hydrogens is 316 g/mol. The van der Waals surface area contributed by atoms with Gasteiger partial charge in [0, 0.05) is 6.92 Å². The number of phosphoric acid groups is 1. The number of rotatable bonds is 12. The summed E-state index contributed by atoms with van der Waals surface area (Å²) >= 11 is 0. The zero-order valence-corrected chi connectivity index (χ0v) is 17.8. The second kappa shape index (κ2) is 11.6. The van der Waals surface area contributed by atoms with Crippen LogP contribution in [0.5, 0.6) is 0 Å². The van der Waals surface area contributed by atoms with Gasteiger partial charge in [-0.3, -0.25) is 9.05 Å². The first-order chi connectivity index (χ1) is 9.52. The maximum absolute atomic E-state index is 10.6. The number of nitrogens with zero attached hydrogens (tertiary/aromatic N) is 1. The van der Waals surface area contributed by atoms with E-state index < -0.39 is 20.2 Å². The van der Waals surface area contributed by atoms with Gasteiger partial charge in [0.2, 0.25) is 5.72 Å². The fraction of sp³-hybridized carbons (Fsp3) is 1.00. The van der Waals surface area contributed by atoms with Crippen LogP contribution in [0.1, 0.15) is 58.8 Å². The fourth-order valence-corrected chi connectivity index (χ4v) is 2.49. The fourth-order valence-electron chi connectivity index (χ4n) is 2.08. The van der Waals surface area contributed by atoms with Gasteiger partial charge in [0.25, 0.3) is 7.82 Å². The van der Waals surface area contributed by atoms with Crippen molar-refractivity contribution in [3.05, 3.63) is 0 Å². The van der Waals surface area contributed by atoms with Gasteiger partial charge in [-0.2, -0.15) is 0 Å². The van der Waals surface area contributed by atoms with Crippen molar-refractivity contribution >= 4 is 7.82 Å². The Balaban J connectivity index is 0. The molecule has 0 aliphatic heterocycles. The van der Waals surface area contributed by atoms with Gasteiger partial charge in [-0.15, -0.1) is 0 Å². The molecule has 0 fully saturated rings. The molecule has 0 aromatic carbocycles. The van der Waals surface area contributed by atoms with E-state index in [1.807, 2.05) is 14.1 Å². The minimum Gasteiger partial charge on any atom is -0.756 e. The third-order valence-corrected chi connectivity index (χ3v) is 4.58. The van der Waals surface area contributed by atoms with Crippen molar-refractivity contribution < 1.29 is 58.0 Å². The molecular formula is C14H32NNaO5P+. The van der Waals surface area contributed by atoms with Crippen molar-refractivity contribution in [2.24, 2.45) is 0 Å². The normalized spacial score (nSPS) is 17.4. The summed E-state index contributed by atoms with van der Waals surface area (Å²) in [6, 6.07) is 0. The van der Waals surface area contributed by atoms with Crippen LogP contribution in [0, 0.1) is 0 Å². The van der Waals surface area contributed by atoms with E-state index in [0.29, 0.717) is 0 Å². The van der Waals surface area contributed by atoms with Crippen LogP contribution in [-0.4, -0.2) is 47.5 Å². The molecule has 0 radical (unpaired) electrons. The van der Waals surface area contributed by atoms with Gasteiger partial charge in [0.15, 0.2) is 0 Å². The predicted octanol–water partition coefficient (Wildman–Crippen LogP) is -0.997. The molecule has 6 nitrogen and oxygen atoms in total. The first kappa shape index (κ1) is 25.3. The van der Waals surface area contributed by atoms with Gasteiger partial charge in [0.05, 0.1) is 20.6 Å². The number of hydrogen-bond donors (Lipinski definition) is 2. The predicted molar refractivity (Wildman–Crippen MR) is 81.4 cm³/mol. The largest absolute Gasteiger partial charge is 1.00 e. The van der Waals surface area contributed by atoms with E-state index in [0.717, 1.165) is 19.4 Å². The van der Waals surface area contributed by atoms with E-state index in [-0.39, 0.29) is 34.0 Å². The van der Waals surface area contributed by atoms with Gasteiger partial charge in [-0.25, -0.2) is 0 Å². The molecule has 0 rings (SSSR count). The summed E-state index contributed by atoms with van der Waals surface area (Å²) in [5, 5.41) is 10.4. The van der Waals surface area contributed by atoms with E-state index in [9.17, 15) is 14.6 Å². The molecule has 0 bridgehead atoms. The van der Waals surface area contributed by atoms with Crippen LogP contribution in [0.15, 0.2) is 0 Å². The van der Waals surface area contributed by atoms with Gasteiger partial charge in [-0.1, -0.05) is 39.0 Å². The minimum atomic E-state index is -4.80. The molecule has 2 atom stereocenters. The first-order valence-corrected chi connectivity index (χ1v) is 9.25.